The smallest absolute Gasteiger partial charge is 0.222 e. The number of rotatable bonds is 8. The molecule has 1 aromatic rings. The molecule has 1 N–H and O–H groups in total. The summed E-state index contributed by atoms with van der Waals surface area (Å²) in [5.74, 6) is 1.50. The molecule has 0 bridgehead atoms. The van der Waals surface area contributed by atoms with Gasteiger partial charge in [-0.25, -0.2) is 0 Å². The first-order valence-electron chi connectivity index (χ1n) is 8.63. The Morgan fingerprint density at radius 1 is 1.28 bits per heavy atom. The van der Waals surface area contributed by atoms with Crippen LogP contribution in [0.1, 0.15) is 38.2 Å². The lowest BCUT2D eigenvalue weighted by Crippen LogP contribution is -2.36. The van der Waals surface area contributed by atoms with Crippen molar-refractivity contribution in [3.63, 3.8) is 0 Å². The molecule has 1 fully saturated rings. The van der Waals surface area contributed by atoms with E-state index in [-0.39, 0.29) is 18.3 Å². The third-order valence-corrected chi connectivity index (χ3v) is 4.41. The number of hydrogen-bond acceptors (Lipinski definition) is 4. The Kier molecular flexibility index (Phi) is 10.0. The van der Waals surface area contributed by atoms with Gasteiger partial charge >= 0.3 is 0 Å². The molecule has 25 heavy (non-hydrogen) atoms. The SMILES string of the molecule is CCOc1cc(CNCCN2CCCCCC2=O)cc(Cl)c1OC.Cl. The van der Waals surface area contributed by atoms with Crippen LogP contribution in [0.15, 0.2) is 12.1 Å². The summed E-state index contributed by atoms with van der Waals surface area (Å²) in [7, 11) is 1.58. The highest BCUT2D eigenvalue weighted by atomic mass is 35.5. The van der Waals surface area contributed by atoms with E-state index in [1.54, 1.807) is 7.11 Å². The van der Waals surface area contributed by atoms with Gasteiger partial charge in [0.25, 0.3) is 0 Å². The van der Waals surface area contributed by atoms with Gasteiger partial charge in [0, 0.05) is 32.6 Å². The number of carbonyl (C=O) groups excluding carboxylic acids is 1. The Balaban J connectivity index is 0.00000312. The van der Waals surface area contributed by atoms with E-state index in [9.17, 15) is 4.79 Å². The molecule has 0 aromatic heterocycles. The molecular formula is C18H28Cl2N2O3. The van der Waals surface area contributed by atoms with Gasteiger partial charge in [0.2, 0.25) is 5.91 Å². The standard InChI is InChI=1S/C18H27ClN2O3.ClH/c1-3-24-16-12-14(11-15(19)18(16)23-2)13-20-8-10-21-9-6-4-5-7-17(21)22;/h11-12,20H,3-10,13H2,1-2H3;1H. The van der Waals surface area contributed by atoms with Crippen molar-refractivity contribution in [1.29, 1.82) is 0 Å². The number of amides is 1. The van der Waals surface area contributed by atoms with Crippen LogP contribution in [0, 0.1) is 0 Å². The molecule has 1 amide bonds. The van der Waals surface area contributed by atoms with Crippen LogP contribution >= 0.6 is 24.0 Å². The quantitative estimate of drug-likeness (QED) is 0.688. The molecule has 0 aliphatic carbocycles. The van der Waals surface area contributed by atoms with Crippen LogP contribution in [0.4, 0.5) is 0 Å². The molecule has 1 aliphatic heterocycles. The van der Waals surface area contributed by atoms with Crippen LogP contribution in [0.5, 0.6) is 11.5 Å². The predicted molar refractivity (Wildman–Crippen MR) is 103 cm³/mol. The van der Waals surface area contributed by atoms with Gasteiger partial charge in [-0.05, 0) is 37.5 Å². The molecule has 1 heterocycles. The molecule has 0 saturated carbocycles. The summed E-state index contributed by atoms with van der Waals surface area (Å²) in [5.41, 5.74) is 1.03. The zero-order chi connectivity index (χ0) is 17.4. The van der Waals surface area contributed by atoms with E-state index in [1.807, 2.05) is 24.0 Å². The summed E-state index contributed by atoms with van der Waals surface area (Å²) >= 11 is 6.26. The van der Waals surface area contributed by atoms with Crippen molar-refractivity contribution in [2.45, 2.75) is 39.2 Å². The van der Waals surface area contributed by atoms with E-state index in [4.69, 9.17) is 21.1 Å². The predicted octanol–water partition coefficient (Wildman–Crippen LogP) is 3.66. The topological polar surface area (TPSA) is 50.8 Å². The minimum atomic E-state index is 0. The maximum absolute atomic E-state index is 12.0. The highest BCUT2D eigenvalue weighted by molar-refractivity contribution is 6.32. The molecule has 1 aromatic carbocycles. The van der Waals surface area contributed by atoms with Crippen LogP contribution in [0.25, 0.3) is 0 Å². The number of ether oxygens (including phenoxy) is 2. The minimum Gasteiger partial charge on any atom is -0.491 e. The molecule has 0 radical (unpaired) electrons. The number of benzene rings is 1. The number of halogens is 2. The Hall–Kier alpha value is -1.17. The first-order chi connectivity index (χ1) is 11.7. The third-order valence-electron chi connectivity index (χ3n) is 4.13. The number of methoxy groups -OCH3 is 1. The Labute approximate surface area is 161 Å². The first-order valence-corrected chi connectivity index (χ1v) is 9.01. The second kappa shape index (κ2) is 11.4. The van der Waals surface area contributed by atoms with Crippen molar-refractivity contribution in [2.75, 3.05) is 33.4 Å². The summed E-state index contributed by atoms with van der Waals surface area (Å²) in [5, 5.41) is 3.92. The second-order valence-corrected chi connectivity index (χ2v) is 6.32. The van der Waals surface area contributed by atoms with Gasteiger partial charge < -0.3 is 19.7 Å². The third kappa shape index (κ3) is 6.57. The van der Waals surface area contributed by atoms with Gasteiger partial charge in [-0.15, -0.1) is 12.4 Å². The van der Waals surface area contributed by atoms with Crippen molar-refractivity contribution in [3.05, 3.63) is 22.7 Å². The van der Waals surface area contributed by atoms with Gasteiger partial charge in [0.15, 0.2) is 11.5 Å². The number of hydrogen-bond donors (Lipinski definition) is 1. The van der Waals surface area contributed by atoms with Crippen LogP contribution in [-0.2, 0) is 11.3 Å². The van der Waals surface area contributed by atoms with Crippen LogP contribution in [0.3, 0.4) is 0 Å². The fourth-order valence-corrected chi connectivity index (χ4v) is 3.22. The molecule has 0 spiro atoms. The molecule has 0 atom stereocenters. The molecule has 7 heteroatoms. The average Bonchev–Trinajstić information content (AvgIpc) is 2.76. The van der Waals surface area contributed by atoms with Gasteiger partial charge in [-0.3, -0.25) is 4.79 Å². The first kappa shape index (κ1) is 21.9. The van der Waals surface area contributed by atoms with Gasteiger partial charge in [0.1, 0.15) is 0 Å². The number of likely N-dealkylation sites (tertiary alicyclic amines) is 1. The molecule has 1 saturated heterocycles. The zero-order valence-corrected chi connectivity index (χ0v) is 16.5. The summed E-state index contributed by atoms with van der Waals surface area (Å²) in [6, 6.07) is 3.82. The Bertz CT molecular complexity index is 555. The zero-order valence-electron chi connectivity index (χ0n) is 15.0. The summed E-state index contributed by atoms with van der Waals surface area (Å²) in [4.78, 5) is 13.9. The van der Waals surface area contributed by atoms with Crippen molar-refractivity contribution < 1.29 is 14.3 Å². The van der Waals surface area contributed by atoms with E-state index >= 15 is 0 Å². The average molecular weight is 391 g/mol. The van der Waals surface area contributed by atoms with E-state index in [0.29, 0.717) is 36.1 Å². The van der Waals surface area contributed by atoms with Crippen molar-refractivity contribution >= 4 is 29.9 Å². The number of carbonyl (C=O) groups is 1. The number of nitrogens with zero attached hydrogens (tertiary/aromatic N) is 1. The molecule has 1 aliphatic rings. The summed E-state index contributed by atoms with van der Waals surface area (Å²) in [6.45, 7) is 5.55. The van der Waals surface area contributed by atoms with E-state index < -0.39 is 0 Å². The lowest BCUT2D eigenvalue weighted by Gasteiger charge is -2.20. The van der Waals surface area contributed by atoms with Crippen molar-refractivity contribution in [1.82, 2.24) is 10.2 Å². The molecular weight excluding hydrogens is 363 g/mol. The molecule has 2 rings (SSSR count). The second-order valence-electron chi connectivity index (χ2n) is 5.91. The number of nitrogens with one attached hydrogen (secondary N) is 1. The lowest BCUT2D eigenvalue weighted by atomic mass is 10.2. The lowest BCUT2D eigenvalue weighted by molar-refractivity contribution is -0.130. The van der Waals surface area contributed by atoms with Crippen LogP contribution in [-0.4, -0.2) is 44.2 Å². The van der Waals surface area contributed by atoms with Crippen LogP contribution < -0.4 is 14.8 Å². The molecule has 142 valence electrons. The minimum absolute atomic E-state index is 0. The normalized spacial score (nSPS) is 14.7. The van der Waals surface area contributed by atoms with E-state index in [1.165, 1.54) is 0 Å². The van der Waals surface area contributed by atoms with Crippen molar-refractivity contribution in [2.24, 2.45) is 0 Å². The fourth-order valence-electron chi connectivity index (χ4n) is 2.91. The van der Waals surface area contributed by atoms with E-state index in [0.717, 1.165) is 44.5 Å². The summed E-state index contributed by atoms with van der Waals surface area (Å²) in [6.07, 6.45) is 3.97. The monoisotopic (exact) mass is 390 g/mol. The Morgan fingerprint density at radius 2 is 2.08 bits per heavy atom. The fraction of sp³-hybridized carbons (Fsp3) is 0.611. The molecule has 0 unspecified atom stereocenters. The van der Waals surface area contributed by atoms with Crippen LogP contribution in [0.2, 0.25) is 5.02 Å². The maximum Gasteiger partial charge on any atom is 0.222 e. The largest absolute Gasteiger partial charge is 0.491 e. The Morgan fingerprint density at radius 3 is 2.80 bits per heavy atom. The highest BCUT2D eigenvalue weighted by Gasteiger charge is 2.16. The highest BCUT2D eigenvalue weighted by Crippen LogP contribution is 2.36. The van der Waals surface area contributed by atoms with Gasteiger partial charge in [-0.2, -0.15) is 0 Å². The summed E-state index contributed by atoms with van der Waals surface area (Å²) < 4.78 is 10.9. The van der Waals surface area contributed by atoms with Gasteiger partial charge in [0.05, 0.1) is 18.7 Å². The maximum atomic E-state index is 12.0. The van der Waals surface area contributed by atoms with Gasteiger partial charge in [-0.1, -0.05) is 18.0 Å². The van der Waals surface area contributed by atoms with Crippen molar-refractivity contribution in [3.8, 4) is 11.5 Å². The molecule has 5 nitrogen and oxygen atoms in total. The van der Waals surface area contributed by atoms with E-state index in [2.05, 4.69) is 5.32 Å².